The molecule has 1 amide bonds. The van der Waals surface area contributed by atoms with Gasteiger partial charge in [0.05, 0.1) is 18.1 Å². The molecule has 134 valence electrons. The minimum absolute atomic E-state index is 0.0784. The SMILES string of the molecule is C/C=C/C(=O)NCCc1nc2ccccc2n1Cc1ccc(OC)cc1. The number of rotatable bonds is 7. The van der Waals surface area contributed by atoms with Crippen molar-refractivity contribution in [3.8, 4) is 5.75 Å². The Morgan fingerprint density at radius 2 is 1.96 bits per heavy atom. The van der Waals surface area contributed by atoms with E-state index >= 15 is 0 Å². The molecule has 0 radical (unpaired) electrons. The van der Waals surface area contributed by atoms with Crippen molar-refractivity contribution in [2.45, 2.75) is 19.9 Å². The fourth-order valence-electron chi connectivity index (χ4n) is 2.91. The smallest absolute Gasteiger partial charge is 0.243 e. The highest BCUT2D eigenvalue weighted by Crippen LogP contribution is 2.19. The average molecular weight is 349 g/mol. The molecule has 3 rings (SSSR count). The number of allylic oxidation sites excluding steroid dienone is 1. The average Bonchev–Trinajstić information content (AvgIpc) is 3.00. The molecule has 0 spiro atoms. The summed E-state index contributed by atoms with van der Waals surface area (Å²) in [7, 11) is 1.67. The number of amides is 1. The molecular formula is C21H23N3O2. The van der Waals surface area contributed by atoms with Crippen molar-refractivity contribution in [1.29, 1.82) is 0 Å². The zero-order chi connectivity index (χ0) is 18.4. The third kappa shape index (κ3) is 4.11. The zero-order valence-electron chi connectivity index (χ0n) is 15.1. The van der Waals surface area contributed by atoms with E-state index in [1.165, 1.54) is 11.6 Å². The first kappa shape index (κ1) is 17.7. The summed E-state index contributed by atoms with van der Waals surface area (Å²) in [4.78, 5) is 16.4. The molecule has 0 saturated carbocycles. The standard InChI is InChI=1S/C21H23N3O2/c1-3-6-21(25)22-14-13-20-23-18-7-4-5-8-19(18)24(20)15-16-9-11-17(26-2)12-10-16/h3-12H,13-15H2,1-2H3,(H,22,25)/b6-3+. The molecule has 0 bridgehead atoms. The summed E-state index contributed by atoms with van der Waals surface area (Å²) in [6.45, 7) is 3.10. The van der Waals surface area contributed by atoms with Gasteiger partial charge < -0.3 is 14.6 Å². The summed E-state index contributed by atoms with van der Waals surface area (Å²) in [6.07, 6.45) is 3.93. The third-order valence-corrected chi connectivity index (χ3v) is 4.20. The van der Waals surface area contributed by atoms with Gasteiger partial charge in [0.2, 0.25) is 5.91 Å². The lowest BCUT2D eigenvalue weighted by Gasteiger charge is -2.10. The van der Waals surface area contributed by atoms with Crippen LogP contribution in [0.3, 0.4) is 0 Å². The van der Waals surface area contributed by atoms with E-state index in [4.69, 9.17) is 9.72 Å². The maximum Gasteiger partial charge on any atom is 0.243 e. The maximum absolute atomic E-state index is 11.6. The first-order valence-corrected chi connectivity index (χ1v) is 8.69. The number of fused-ring (bicyclic) bond motifs is 1. The van der Waals surface area contributed by atoms with Crippen LogP contribution in [0.4, 0.5) is 0 Å². The number of benzene rings is 2. The van der Waals surface area contributed by atoms with Gasteiger partial charge in [-0.1, -0.05) is 30.3 Å². The molecule has 5 nitrogen and oxygen atoms in total. The topological polar surface area (TPSA) is 56.2 Å². The summed E-state index contributed by atoms with van der Waals surface area (Å²) in [5.74, 6) is 1.73. The summed E-state index contributed by atoms with van der Waals surface area (Å²) in [5, 5.41) is 2.89. The molecule has 0 aliphatic heterocycles. The van der Waals surface area contributed by atoms with Gasteiger partial charge in [-0.3, -0.25) is 4.79 Å². The molecular weight excluding hydrogens is 326 g/mol. The molecule has 0 aliphatic rings. The predicted octanol–water partition coefficient (Wildman–Crippen LogP) is 3.33. The van der Waals surface area contributed by atoms with Gasteiger partial charge in [-0.25, -0.2) is 4.98 Å². The Labute approximate surface area is 153 Å². The Morgan fingerprint density at radius 1 is 1.19 bits per heavy atom. The normalized spacial score (nSPS) is 11.2. The fraction of sp³-hybridized carbons (Fsp3) is 0.238. The van der Waals surface area contributed by atoms with Crippen LogP contribution in [-0.4, -0.2) is 29.1 Å². The number of nitrogens with zero attached hydrogens (tertiary/aromatic N) is 2. The van der Waals surface area contributed by atoms with E-state index in [1.807, 2.05) is 37.3 Å². The van der Waals surface area contributed by atoms with Gasteiger partial charge in [-0.05, 0) is 42.8 Å². The number of imidazole rings is 1. The van der Waals surface area contributed by atoms with E-state index in [2.05, 4.69) is 28.1 Å². The Hall–Kier alpha value is -3.08. The van der Waals surface area contributed by atoms with Gasteiger partial charge in [0, 0.05) is 19.5 Å². The van der Waals surface area contributed by atoms with E-state index in [1.54, 1.807) is 13.2 Å². The van der Waals surface area contributed by atoms with Crippen LogP contribution in [0.15, 0.2) is 60.7 Å². The molecule has 1 heterocycles. The van der Waals surface area contributed by atoms with Gasteiger partial charge in [0.1, 0.15) is 11.6 Å². The van der Waals surface area contributed by atoms with E-state index in [9.17, 15) is 4.79 Å². The van der Waals surface area contributed by atoms with E-state index < -0.39 is 0 Å². The van der Waals surface area contributed by atoms with Gasteiger partial charge >= 0.3 is 0 Å². The van der Waals surface area contributed by atoms with Crippen molar-refractivity contribution in [1.82, 2.24) is 14.9 Å². The lowest BCUT2D eigenvalue weighted by molar-refractivity contribution is -0.116. The first-order chi connectivity index (χ1) is 12.7. The summed E-state index contributed by atoms with van der Waals surface area (Å²) in [5.41, 5.74) is 3.24. The van der Waals surface area contributed by atoms with Crippen molar-refractivity contribution in [2.24, 2.45) is 0 Å². The van der Waals surface area contributed by atoms with Crippen LogP contribution >= 0.6 is 0 Å². The quantitative estimate of drug-likeness (QED) is 0.666. The van der Waals surface area contributed by atoms with E-state index in [0.29, 0.717) is 13.0 Å². The Morgan fingerprint density at radius 3 is 2.69 bits per heavy atom. The van der Waals surface area contributed by atoms with Gasteiger partial charge in [0.15, 0.2) is 0 Å². The van der Waals surface area contributed by atoms with Crippen LogP contribution in [0.25, 0.3) is 11.0 Å². The Kier molecular flexibility index (Phi) is 5.69. The van der Waals surface area contributed by atoms with Crippen LogP contribution in [0.1, 0.15) is 18.3 Å². The minimum atomic E-state index is -0.0784. The molecule has 3 aromatic rings. The number of aromatic nitrogens is 2. The predicted molar refractivity (Wildman–Crippen MR) is 103 cm³/mol. The molecule has 2 aromatic carbocycles. The number of nitrogens with one attached hydrogen (secondary N) is 1. The van der Waals surface area contributed by atoms with Crippen LogP contribution in [-0.2, 0) is 17.8 Å². The molecule has 1 N–H and O–H groups in total. The van der Waals surface area contributed by atoms with Crippen molar-refractivity contribution in [3.63, 3.8) is 0 Å². The minimum Gasteiger partial charge on any atom is -0.497 e. The Bertz CT molecular complexity index is 911. The van der Waals surface area contributed by atoms with E-state index in [-0.39, 0.29) is 5.91 Å². The summed E-state index contributed by atoms with van der Waals surface area (Å²) in [6, 6.07) is 16.2. The number of methoxy groups -OCH3 is 1. The molecule has 1 aromatic heterocycles. The second-order valence-corrected chi connectivity index (χ2v) is 5.99. The second-order valence-electron chi connectivity index (χ2n) is 5.99. The number of hydrogen-bond donors (Lipinski definition) is 1. The molecule has 0 atom stereocenters. The van der Waals surface area contributed by atoms with Gasteiger partial charge in [-0.2, -0.15) is 0 Å². The lowest BCUT2D eigenvalue weighted by Crippen LogP contribution is -2.24. The van der Waals surface area contributed by atoms with E-state index in [0.717, 1.165) is 29.2 Å². The maximum atomic E-state index is 11.6. The number of para-hydroxylation sites is 2. The van der Waals surface area contributed by atoms with Gasteiger partial charge in [-0.15, -0.1) is 0 Å². The summed E-state index contributed by atoms with van der Waals surface area (Å²) >= 11 is 0. The molecule has 0 unspecified atom stereocenters. The summed E-state index contributed by atoms with van der Waals surface area (Å²) < 4.78 is 7.44. The first-order valence-electron chi connectivity index (χ1n) is 8.69. The highest BCUT2D eigenvalue weighted by atomic mass is 16.5. The number of ether oxygens (including phenoxy) is 1. The molecule has 0 saturated heterocycles. The highest BCUT2D eigenvalue weighted by molar-refractivity contribution is 5.87. The van der Waals surface area contributed by atoms with Crippen molar-refractivity contribution in [3.05, 3.63) is 72.1 Å². The van der Waals surface area contributed by atoms with Crippen molar-refractivity contribution in [2.75, 3.05) is 13.7 Å². The monoisotopic (exact) mass is 349 g/mol. The van der Waals surface area contributed by atoms with Crippen molar-refractivity contribution >= 4 is 16.9 Å². The largest absolute Gasteiger partial charge is 0.497 e. The number of carbonyl (C=O) groups is 1. The molecule has 26 heavy (non-hydrogen) atoms. The number of carbonyl (C=O) groups excluding carboxylic acids is 1. The van der Waals surface area contributed by atoms with Crippen LogP contribution in [0, 0.1) is 0 Å². The van der Waals surface area contributed by atoms with Crippen LogP contribution in [0.2, 0.25) is 0 Å². The highest BCUT2D eigenvalue weighted by Gasteiger charge is 2.11. The molecule has 0 aliphatic carbocycles. The lowest BCUT2D eigenvalue weighted by atomic mass is 10.2. The Balaban J connectivity index is 1.83. The molecule has 0 fully saturated rings. The third-order valence-electron chi connectivity index (χ3n) is 4.20. The van der Waals surface area contributed by atoms with Crippen LogP contribution in [0.5, 0.6) is 5.75 Å². The fourth-order valence-corrected chi connectivity index (χ4v) is 2.91. The van der Waals surface area contributed by atoms with Crippen LogP contribution < -0.4 is 10.1 Å². The van der Waals surface area contributed by atoms with Gasteiger partial charge in [0.25, 0.3) is 0 Å². The second kappa shape index (κ2) is 8.34. The zero-order valence-corrected chi connectivity index (χ0v) is 15.1. The molecule has 5 heteroatoms. The number of hydrogen-bond acceptors (Lipinski definition) is 3. The van der Waals surface area contributed by atoms with Crippen molar-refractivity contribution < 1.29 is 9.53 Å².